The van der Waals surface area contributed by atoms with Crippen molar-refractivity contribution in [3.8, 4) is 0 Å². The Balaban J connectivity index is 0.00000144. The largest absolute Gasteiger partial charge is 0.348 e. The van der Waals surface area contributed by atoms with E-state index >= 15 is 0 Å². The Morgan fingerprint density at radius 2 is 1.89 bits per heavy atom. The molecule has 0 aliphatic rings. The molecule has 0 unspecified atom stereocenters. The summed E-state index contributed by atoms with van der Waals surface area (Å²) in [7, 11) is 0. The number of hydrogen-bond acceptors (Lipinski definition) is 2. The van der Waals surface area contributed by atoms with Gasteiger partial charge in [0.25, 0.3) is 0 Å². The van der Waals surface area contributed by atoms with Gasteiger partial charge in [0.1, 0.15) is 0 Å². The molecule has 0 saturated carbocycles. The minimum Gasteiger partial charge on any atom is -0.348 e. The van der Waals surface area contributed by atoms with E-state index in [-0.39, 0.29) is 24.8 Å². The molecule has 0 amide bonds. The lowest BCUT2D eigenvalue weighted by Crippen LogP contribution is -2.16. The number of aromatic amines is 1. The fraction of sp³-hybridized carbons (Fsp3) is 0.308. The summed E-state index contributed by atoms with van der Waals surface area (Å²) in [5.74, 6) is 0. The van der Waals surface area contributed by atoms with Gasteiger partial charge in [-0.15, -0.1) is 24.8 Å². The van der Waals surface area contributed by atoms with Crippen molar-refractivity contribution in [1.82, 2.24) is 15.3 Å². The minimum atomic E-state index is 0. The van der Waals surface area contributed by atoms with Crippen molar-refractivity contribution in [2.45, 2.75) is 19.9 Å². The summed E-state index contributed by atoms with van der Waals surface area (Å²) in [6.45, 7) is 4.00. The molecule has 100 valence electrons. The van der Waals surface area contributed by atoms with Crippen molar-refractivity contribution in [2.24, 2.45) is 0 Å². The maximum atomic E-state index is 3.99. The number of rotatable bonds is 5. The molecular weight excluding hydrogens is 269 g/mol. The molecule has 5 heteroatoms. The number of halogens is 2. The molecule has 3 nitrogen and oxygen atoms in total. The zero-order valence-corrected chi connectivity index (χ0v) is 12.0. The van der Waals surface area contributed by atoms with Gasteiger partial charge in [0.2, 0.25) is 0 Å². The summed E-state index contributed by atoms with van der Waals surface area (Å²) >= 11 is 0. The van der Waals surface area contributed by atoms with Crippen LogP contribution in [-0.4, -0.2) is 16.5 Å². The SMILES string of the molecule is Cc1ccc(CNCCc2cnc[nH]2)cc1.Cl.Cl. The molecule has 2 rings (SSSR count). The second kappa shape index (κ2) is 8.97. The Bertz CT molecular complexity index is 412. The molecule has 18 heavy (non-hydrogen) atoms. The van der Waals surface area contributed by atoms with Crippen LogP contribution in [0, 0.1) is 6.92 Å². The summed E-state index contributed by atoms with van der Waals surface area (Å²) in [6.07, 6.45) is 4.58. The summed E-state index contributed by atoms with van der Waals surface area (Å²) in [5, 5.41) is 3.41. The van der Waals surface area contributed by atoms with Crippen LogP contribution in [-0.2, 0) is 13.0 Å². The van der Waals surface area contributed by atoms with E-state index in [0.29, 0.717) is 0 Å². The summed E-state index contributed by atoms with van der Waals surface area (Å²) < 4.78 is 0. The van der Waals surface area contributed by atoms with Gasteiger partial charge < -0.3 is 10.3 Å². The molecule has 1 aromatic heterocycles. The zero-order valence-electron chi connectivity index (χ0n) is 10.3. The molecular formula is C13H19Cl2N3. The molecule has 0 radical (unpaired) electrons. The fourth-order valence-electron chi connectivity index (χ4n) is 1.58. The highest BCUT2D eigenvalue weighted by Crippen LogP contribution is 2.02. The third-order valence-corrected chi connectivity index (χ3v) is 2.58. The van der Waals surface area contributed by atoms with Gasteiger partial charge >= 0.3 is 0 Å². The van der Waals surface area contributed by atoms with Crippen LogP contribution in [0.2, 0.25) is 0 Å². The van der Waals surface area contributed by atoms with Crippen molar-refractivity contribution in [3.63, 3.8) is 0 Å². The van der Waals surface area contributed by atoms with Crippen LogP contribution in [0.15, 0.2) is 36.8 Å². The molecule has 0 atom stereocenters. The van der Waals surface area contributed by atoms with Gasteiger partial charge in [-0.1, -0.05) is 29.8 Å². The first kappa shape index (κ1) is 17.0. The van der Waals surface area contributed by atoms with E-state index in [1.807, 2.05) is 6.20 Å². The lowest BCUT2D eigenvalue weighted by atomic mass is 10.1. The standard InChI is InChI=1S/C13H17N3.2ClH/c1-11-2-4-12(5-3-11)8-14-7-6-13-9-15-10-16-13;;/h2-5,9-10,14H,6-8H2,1H3,(H,15,16);2*1H. The number of aromatic nitrogens is 2. The van der Waals surface area contributed by atoms with E-state index < -0.39 is 0 Å². The van der Waals surface area contributed by atoms with E-state index in [9.17, 15) is 0 Å². The maximum absolute atomic E-state index is 3.99. The molecule has 2 N–H and O–H groups in total. The molecule has 0 saturated heterocycles. The van der Waals surface area contributed by atoms with E-state index in [2.05, 4.69) is 46.5 Å². The van der Waals surface area contributed by atoms with Gasteiger partial charge in [0.05, 0.1) is 6.33 Å². The van der Waals surface area contributed by atoms with Crippen LogP contribution in [0.5, 0.6) is 0 Å². The number of aryl methyl sites for hydroxylation is 1. The quantitative estimate of drug-likeness (QED) is 0.831. The molecule has 0 fully saturated rings. The Morgan fingerprint density at radius 1 is 1.17 bits per heavy atom. The van der Waals surface area contributed by atoms with Crippen molar-refractivity contribution >= 4 is 24.8 Å². The predicted octanol–water partition coefficient (Wildman–Crippen LogP) is 2.89. The molecule has 0 bridgehead atoms. The predicted molar refractivity (Wildman–Crippen MR) is 79.7 cm³/mol. The van der Waals surface area contributed by atoms with Gasteiger partial charge in [-0.25, -0.2) is 4.98 Å². The van der Waals surface area contributed by atoms with Gasteiger partial charge in [-0.3, -0.25) is 0 Å². The van der Waals surface area contributed by atoms with Gasteiger partial charge in [-0.2, -0.15) is 0 Å². The highest BCUT2D eigenvalue weighted by atomic mass is 35.5. The second-order valence-corrected chi connectivity index (χ2v) is 3.99. The zero-order chi connectivity index (χ0) is 11.2. The first-order valence-electron chi connectivity index (χ1n) is 5.58. The lowest BCUT2D eigenvalue weighted by molar-refractivity contribution is 0.681. The smallest absolute Gasteiger partial charge is 0.0921 e. The molecule has 0 aliphatic heterocycles. The van der Waals surface area contributed by atoms with Crippen LogP contribution in [0.3, 0.4) is 0 Å². The highest BCUT2D eigenvalue weighted by molar-refractivity contribution is 5.85. The Labute approximate surface area is 120 Å². The second-order valence-electron chi connectivity index (χ2n) is 3.99. The van der Waals surface area contributed by atoms with E-state index in [1.54, 1.807) is 6.33 Å². The third-order valence-electron chi connectivity index (χ3n) is 2.58. The number of nitrogens with one attached hydrogen (secondary N) is 2. The van der Waals surface area contributed by atoms with Gasteiger partial charge in [-0.05, 0) is 12.5 Å². The maximum Gasteiger partial charge on any atom is 0.0921 e. The number of benzene rings is 1. The monoisotopic (exact) mass is 287 g/mol. The van der Waals surface area contributed by atoms with Gasteiger partial charge in [0, 0.05) is 31.4 Å². The summed E-state index contributed by atoms with van der Waals surface area (Å²) in [4.78, 5) is 7.08. The highest BCUT2D eigenvalue weighted by Gasteiger charge is 1.94. The summed E-state index contributed by atoms with van der Waals surface area (Å²) in [5.41, 5.74) is 3.81. The van der Waals surface area contributed by atoms with Crippen LogP contribution in [0.1, 0.15) is 16.8 Å². The molecule has 0 spiro atoms. The van der Waals surface area contributed by atoms with Crippen LogP contribution in [0.4, 0.5) is 0 Å². The number of H-pyrrole nitrogens is 1. The normalized spacial score (nSPS) is 9.39. The fourth-order valence-corrected chi connectivity index (χ4v) is 1.58. The van der Waals surface area contributed by atoms with Crippen LogP contribution in [0.25, 0.3) is 0 Å². The Kier molecular flexibility index (Phi) is 8.46. The van der Waals surface area contributed by atoms with Crippen LogP contribution >= 0.6 is 24.8 Å². The number of nitrogens with zero attached hydrogens (tertiary/aromatic N) is 1. The molecule has 0 aliphatic carbocycles. The van der Waals surface area contributed by atoms with Crippen molar-refractivity contribution in [1.29, 1.82) is 0 Å². The average Bonchev–Trinajstić information content (AvgIpc) is 2.80. The van der Waals surface area contributed by atoms with Crippen molar-refractivity contribution < 1.29 is 0 Å². The average molecular weight is 288 g/mol. The number of imidazole rings is 1. The van der Waals surface area contributed by atoms with Gasteiger partial charge in [0.15, 0.2) is 0 Å². The van der Waals surface area contributed by atoms with Crippen LogP contribution < -0.4 is 5.32 Å². The third kappa shape index (κ3) is 5.54. The van der Waals surface area contributed by atoms with Crippen molar-refractivity contribution in [2.75, 3.05) is 6.54 Å². The molecule has 2 aromatic rings. The number of hydrogen-bond donors (Lipinski definition) is 2. The minimum absolute atomic E-state index is 0. The first-order chi connectivity index (χ1) is 7.84. The topological polar surface area (TPSA) is 40.7 Å². The van der Waals surface area contributed by atoms with Crippen molar-refractivity contribution in [3.05, 3.63) is 53.6 Å². The van der Waals surface area contributed by atoms with E-state index in [0.717, 1.165) is 19.5 Å². The van der Waals surface area contributed by atoms with E-state index in [1.165, 1.54) is 16.8 Å². The first-order valence-corrected chi connectivity index (χ1v) is 5.58. The molecule has 1 heterocycles. The Morgan fingerprint density at radius 3 is 2.50 bits per heavy atom. The summed E-state index contributed by atoms with van der Waals surface area (Å²) in [6, 6.07) is 8.62. The Hall–Kier alpha value is -1.03. The lowest BCUT2D eigenvalue weighted by Gasteiger charge is -2.04. The molecule has 1 aromatic carbocycles. The van der Waals surface area contributed by atoms with E-state index in [4.69, 9.17) is 0 Å².